The van der Waals surface area contributed by atoms with Gasteiger partial charge in [-0.1, -0.05) is 95.2 Å². The summed E-state index contributed by atoms with van der Waals surface area (Å²) in [4.78, 5) is 174. The van der Waals surface area contributed by atoms with Gasteiger partial charge >= 0.3 is 5.97 Å². The number of aliphatic hydroxyl groups excluding tert-OH is 3. The van der Waals surface area contributed by atoms with Crippen LogP contribution in [0.2, 0.25) is 0 Å². The van der Waals surface area contributed by atoms with Gasteiger partial charge in [0, 0.05) is 57.2 Å². The molecule has 0 aliphatic carbocycles. The van der Waals surface area contributed by atoms with E-state index in [0.717, 1.165) is 73.2 Å². The molecule has 0 aliphatic heterocycles. The number of amides is 11. The number of nitrogens with one attached hydrogen (secondary N) is 13. The number of aliphatic hydroxyl groups is 3. The van der Waals surface area contributed by atoms with Crippen LogP contribution in [0.5, 0.6) is 5.75 Å². The van der Waals surface area contributed by atoms with Crippen LogP contribution in [-0.4, -0.2) is 336 Å². The number of halogens is 1. The number of aromatic nitrogens is 9. The monoisotopic (exact) mass is 1990 g/mol. The number of benzene rings is 4. The van der Waals surface area contributed by atoms with E-state index < -0.39 is 175 Å². The Labute approximate surface area is 822 Å². The summed E-state index contributed by atoms with van der Waals surface area (Å²) >= 11 is 0. The number of hydrogen-bond donors (Lipinski definition) is 18. The van der Waals surface area contributed by atoms with Gasteiger partial charge in [-0.2, -0.15) is 5.21 Å². The van der Waals surface area contributed by atoms with Crippen LogP contribution in [0.4, 0.5) is 4.39 Å². The highest BCUT2D eigenvalue weighted by Gasteiger charge is 2.44. The predicted octanol–water partition coefficient (Wildman–Crippen LogP) is -1.25. The second-order valence-corrected chi connectivity index (χ2v) is 34.4. The number of rotatable bonds is 72. The Morgan fingerprint density at radius 3 is 1.73 bits per heavy atom. The molecular formula is C95H138FN21O25. The van der Waals surface area contributed by atoms with Crippen molar-refractivity contribution in [3.8, 4) is 16.9 Å². The molecule has 0 bridgehead atoms. The Hall–Kier alpha value is -12.8. The number of imidazole rings is 1. The summed E-state index contributed by atoms with van der Waals surface area (Å²) in [5.74, 6) is -14.3. The Morgan fingerprint density at radius 2 is 1.15 bits per heavy atom. The highest BCUT2D eigenvalue weighted by molar-refractivity contribution is 6.06. The third-order valence-corrected chi connectivity index (χ3v) is 22.2. The van der Waals surface area contributed by atoms with Gasteiger partial charge in [0.25, 0.3) is 0 Å². The van der Waals surface area contributed by atoms with Gasteiger partial charge in [-0.05, 0) is 146 Å². The van der Waals surface area contributed by atoms with E-state index in [2.05, 4.69) is 99.4 Å². The van der Waals surface area contributed by atoms with Gasteiger partial charge in [-0.15, -0.1) is 15.3 Å². The predicted molar refractivity (Wildman–Crippen MR) is 510 cm³/mol. The van der Waals surface area contributed by atoms with Crippen molar-refractivity contribution in [1.29, 1.82) is 0 Å². The molecule has 10 unspecified atom stereocenters. The Balaban J connectivity index is 0.928. The Morgan fingerprint density at radius 1 is 0.563 bits per heavy atom. The summed E-state index contributed by atoms with van der Waals surface area (Å²) in [6.07, 6.45) is 1.84. The van der Waals surface area contributed by atoms with Crippen molar-refractivity contribution >= 4 is 70.9 Å². The lowest BCUT2D eigenvalue weighted by Crippen LogP contribution is -2.67. The van der Waals surface area contributed by atoms with Gasteiger partial charge in [0.1, 0.15) is 70.5 Å². The molecule has 0 fully saturated rings. The smallest absolute Gasteiger partial charge is 0.305 e. The normalized spacial score (nSPS) is 13.8. The van der Waals surface area contributed by atoms with Gasteiger partial charge in [0.2, 0.25) is 65.0 Å². The van der Waals surface area contributed by atoms with E-state index in [4.69, 9.17) is 48.4 Å². The van der Waals surface area contributed by atoms with Crippen LogP contribution in [0.15, 0.2) is 104 Å². The van der Waals surface area contributed by atoms with E-state index >= 15 is 4.39 Å². The molecule has 19 N–H and O–H groups in total. The van der Waals surface area contributed by atoms with Crippen LogP contribution in [0.25, 0.3) is 11.1 Å². The highest BCUT2D eigenvalue weighted by Crippen LogP contribution is 2.30. The summed E-state index contributed by atoms with van der Waals surface area (Å²) in [7, 11) is 1.87. The second-order valence-electron chi connectivity index (χ2n) is 34.4. The number of nitrogens with two attached hydrogens (primary N) is 1. The van der Waals surface area contributed by atoms with Crippen molar-refractivity contribution in [1.82, 2.24) is 104 Å². The number of aliphatic carboxylic acids is 1. The molecule has 0 saturated heterocycles. The van der Waals surface area contributed by atoms with Crippen molar-refractivity contribution in [3.63, 3.8) is 0 Å². The van der Waals surface area contributed by atoms with E-state index in [1.165, 1.54) is 38.4 Å². The molecule has 3 heterocycles. The number of carboxylic acids is 1. The zero-order valence-electron chi connectivity index (χ0n) is 81.8. The van der Waals surface area contributed by atoms with E-state index in [0.29, 0.717) is 167 Å². The summed E-state index contributed by atoms with van der Waals surface area (Å²) in [5.41, 5.74) is 8.90. The molecular weight excluding hydrogens is 1850 g/mol. The van der Waals surface area contributed by atoms with E-state index in [9.17, 15) is 78.0 Å². The van der Waals surface area contributed by atoms with Crippen molar-refractivity contribution in [3.05, 3.63) is 160 Å². The molecule has 7 aromatic rings. The molecule has 0 spiro atoms. The number of carbonyl (C=O) groups excluding carboxylic acids is 11. The summed E-state index contributed by atoms with van der Waals surface area (Å²) in [6.45, 7) is 18.6. The molecule has 0 aliphatic rings. The number of unbranched alkanes of at least 4 members (excludes halogenated alkanes) is 1. The topological polar surface area (TPSA) is 641 Å². The summed E-state index contributed by atoms with van der Waals surface area (Å²) in [5, 5.41) is 91.8. The zero-order chi connectivity index (χ0) is 103. The van der Waals surface area contributed by atoms with Gasteiger partial charge in [0.15, 0.2) is 5.82 Å². The summed E-state index contributed by atoms with van der Waals surface area (Å²) in [6, 6.07) is 10.9. The number of nitrogens with zero attached hydrogens (tertiary/aromatic N) is 7. The molecule has 7 rings (SSSR count). The average Bonchev–Trinajstić information content (AvgIpc) is 1.11. The second kappa shape index (κ2) is 62.5. The minimum absolute atomic E-state index is 0.0581. The molecule has 142 heavy (non-hydrogen) atoms. The molecule has 4 aromatic carbocycles. The number of H-pyrrole nitrogens is 2. The maximum atomic E-state index is 15.6. The van der Waals surface area contributed by atoms with Gasteiger partial charge in [0.05, 0.1) is 157 Å². The Kier molecular flexibility index (Phi) is 51.1. The number of carbonyl (C=O) groups is 12. The minimum atomic E-state index is -2.42. The zero-order valence-corrected chi connectivity index (χ0v) is 81.8. The molecule has 10 atom stereocenters. The highest BCUT2D eigenvalue weighted by atomic mass is 19.1. The van der Waals surface area contributed by atoms with Crippen molar-refractivity contribution in [2.45, 2.75) is 199 Å². The first kappa shape index (κ1) is 116. The third-order valence-electron chi connectivity index (χ3n) is 22.2. The molecule has 46 nitrogen and oxygen atoms in total. The number of aromatic amines is 2. The van der Waals surface area contributed by atoms with Gasteiger partial charge in [-0.3, -0.25) is 62.2 Å². The average molecular weight is 1990 g/mol. The largest absolute Gasteiger partial charge is 0.494 e. The van der Waals surface area contributed by atoms with Crippen LogP contribution in [0.1, 0.15) is 124 Å². The molecule has 0 radical (unpaired) electrons. The number of aryl methyl sites for hydroxylation is 5. The lowest BCUT2D eigenvalue weighted by atomic mass is 9.90. The third kappa shape index (κ3) is 41.8. The van der Waals surface area contributed by atoms with Crippen LogP contribution < -0.4 is 69.0 Å². The van der Waals surface area contributed by atoms with Gasteiger partial charge in [-0.25, -0.2) is 9.37 Å². The van der Waals surface area contributed by atoms with Gasteiger partial charge < -0.3 is 132 Å². The fourth-order valence-electron chi connectivity index (χ4n) is 14.4. The maximum absolute atomic E-state index is 15.6. The standard InChI is InChI=1S/C95H138FN21O25/c1-10-66-50-71(142-30-14-13-29-117-56-70(111-116-117)58-141-45-44-140-43-42-139-41-40-138-39-38-137-37-36-136-35-34-135-33-32-134-31-28-98-9)24-25-72(66)67-22-20-64(21-23-67)49-75(86(126)103-74(84(97)124)19-15-16-65-47-60(2)46-61(3)48-65)104-87(127)77(52-81(122)123)105-88(128)78(57-118)106-89(129)82(62(4)119)109-93(133)95(8,53-68-17-11-12-18-73(68)96)110-90(130)83(63(5)120)108-80(121)55-101-85(125)76(51-79-112-114-115-113-79)107-92(132)94(6,7)91(131)100-27-26-69-54-99-59-102-69/h11-12,17-18,20-25,46-48,50,54,56,59,62-63,74-78,82-83,98,118-120H,10,13-16,19,26-45,49,51-53,55,57-58H2,1-9H3,(H2,97,124)(H,99,102)(H,100,131)(H,101,125)(H,103,126)(H,104,127)(H,105,128)(H,106,129)(H,107,132)(H,108,121)(H,109,133)(H,110,130)(H,122,123)(H,112,113,114,115). The quantitative estimate of drug-likeness (QED) is 0.0156. The lowest BCUT2D eigenvalue weighted by Gasteiger charge is -2.34. The van der Waals surface area contributed by atoms with Crippen LogP contribution in [0.3, 0.4) is 0 Å². The first-order valence-electron chi connectivity index (χ1n) is 47.1. The van der Waals surface area contributed by atoms with Crippen LogP contribution in [0, 0.1) is 25.1 Å². The Bertz CT molecular complexity index is 5060. The molecule has 47 heteroatoms. The van der Waals surface area contributed by atoms with Crippen LogP contribution in [-0.2, 0) is 147 Å². The number of likely N-dealkylation sites (N-methyl/N-ethyl adjacent to an activating group) is 1. The number of primary amides is 1. The number of tetrazole rings is 1. The number of hydrogen-bond acceptors (Lipinski definition) is 31. The van der Waals surface area contributed by atoms with E-state index in [1.54, 1.807) is 35.1 Å². The van der Waals surface area contributed by atoms with E-state index in [1.807, 2.05) is 70.4 Å². The molecule has 0 saturated carbocycles. The molecule has 11 amide bonds. The van der Waals surface area contributed by atoms with Crippen molar-refractivity contribution in [2.75, 3.05) is 139 Å². The van der Waals surface area contributed by atoms with Crippen molar-refractivity contribution < 1.29 is 125 Å². The fourth-order valence-corrected chi connectivity index (χ4v) is 14.4. The minimum Gasteiger partial charge on any atom is -0.494 e. The van der Waals surface area contributed by atoms with Crippen molar-refractivity contribution in [2.24, 2.45) is 11.1 Å². The van der Waals surface area contributed by atoms with Crippen LogP contribution >= 0.6 is 0 Å². The maximum Gasteiger partial charge on any atom is 0.305 e. The molecule has 3 aromatic heterocycles. The summed E-state index contributed by atoms with van der Waals surface area (Å²) < 4.78 is 67.9. The first-order valence-corrected chi connectivity index (χ1v) is 47.1. The lowest BCUT2D eigenvalue weighted by molar-refractivity contribution is -0.143. The fraction of sp³-hybridized carbons (Fsp3) is 0.558. The molecule has 780 valence electrons. The van der Waals surface area contributed by atoms with E-state index in [-0.39, 0.29) is 37.4 Å². The number of carboxylic acid groups (broad SMARTS) is 1. The SMILES string of the molecule is CCc1cc(OCCCCn2cc(COCCOCCOCCOCCOCCOCCOCCOCCNC)nn2)ccc1-c1ccc(CC(NC(=O)C(CC(=O)O)NC(=O)C(CO)NC(=O)C(NC(=O)C(C)(Cc2ccccc2F)NC(=O)C(NC(=O)CNC(=O)C(Cc2nn[nH]n2)NC(=O)C(C)(C)C(=O)NCCc2cnc[nH]2)C(C)O)C(C)O)C(=O)NC(CCCc2cc(C)cc(C)c2)C(N)=O)cc1. The first-order chi connectivity index (χ1) is 68.1. The number of ether oxygens (including phenoxy) is 9.